The molecule has 5 heteroatoms. The Kier molecular flexibility index (Phi) is 5.65. The van der Waals surface area contributed by atoms with E-state index in [1.807, 2.05) is 29.2 Å². The molecule has 23 heavy (non-hydrogen) atoms. The molecule has 0 bridgehead atoms. The monoisotopic (exact) mass is 318 g/mol. The highest BCUT2D eigenvalue weighted by atomic mass is 16.5. The summed E-state index contributed by atoms with van der Waals surface area (Å²) in [5.74, 6) is 0.125. The number of hydrogen-bond acceptors (Lipinski definition) is 4. The second-order valence-electron chi connectivity index (χ2n) is 6.36. The van der Waals surface area contributed by atoms with Crippen LogP contribution in [0, 0.1) is 0 Å². The fourth-order valence-electron chi connectivity index (χ4n) is 3.35. The molecule has 1 aromatic rings. The van der Waals surface area contributed by atoms with Gasteiger partial charge in [0.05, 0.1) is 12.7 Å². The lowest BCUT2D eigenvalue weighted by Gasteiger charge is -2.35. The molecular weight excluding hydrogens is 292 g/mol. The van der Waals surface area contributed by atoms with Crippen molar-refractivity contribution in [3.63, 3.8) is 0 Å². The fourth-order valence-corrected chi connectivity index (χ4v) is 3.35. The fraction of sp³-hybridized carbons (Fsp3) is 0.611. The number of piperazine rings is 1. The van der Waals surface area contributed by atoms with E-state index in [0.29, 0.717) is 12.7 Å². The summed E-state index contributed by atoms with van der Waals surface area (Å²) in [6.07, 6.45) is 2.75. The van der Waals surface area contributed by atoms with Crippen LogP contribution in [0.25, 0.3) is 0 Å². The molecule has 0 spiro atoms. The van der Waals surface area contributed by atoms with Crippen molar-refractivity contribution in [1.29, 1.82) is 0 Å². The smallest absolute Gasteiger partial charge is 0.253 e. The summed E-state index contributed by atoms with van der Waals surface area (Å²) in [6, 6.07) is 7.74. The van der Waals surface area contributed by atoms with Crippen molar-refractivity contribution >= 4 is 5.91 Å². The van der Waals surface area contributed by atoms with Crippen LogP contribution in [0.15, 0.2) is 24.3 Å². The molecule has 1 amide bonds. The largest absolute Gasteiger partial charge is 0.380 e. The van der Waals surface area contributed by atoms with Gasteiger partial charge in [0.15, 0.2) is 0 Å². The molecule has 2 aliphatic rings. The molecule has 1 unspecified atom stereocenters. The van der Waals surface area contributed by atoms with Gasteiger partial charge in [-0.1, -0.05) is 12.1 Å². The molecule has 3 rings (SSSR count). The summed E-state index contributed by atoms with van der Waals surface area (Å²) in [4.78, 5) is 17.0. The minimum atomic E-state index is 0.125. The number of benzene rings is 1. The van der Waals surface area contributed by atoms with Crippen LogP contribution in [0.4, 0.5) is 0 Å². The van der Waals surface area contributed by atoms with Crippen LogP contribution in [-0.2, 0) is 16.1 Å². The number of carbonyl (C=O) groups is 1. The molecule has 0 saturated carbocycles. The predicted octanol–water partition coefficient (Wildman–Crippen LogP) is 1.77. The van der Waals surface area contributed by atoms with Gasteiger partial charge in [-0.25, -0.2) is 0 Å². The molecule has 1 aromatic carbocycles. The number of nitrogens with zero attached hydrogens (tertiary/aromatic N) is 2. The lowest BCUT2D eigenvalue weighted by atomic mass is 10.1. The molecule has 1 atom stereocenters. The van der Waals surface area contributed by atoms with Gasteiger partial charge in [-0.2, -0.15) is 0 Å². The molecular formula is C18H26N2O3. The molecule has 5 nitrogen and oxygen atoms in total. The van der Waals surface area contributed by atoms with E-state index in [1.165, 1.54) is 12.8 Å². The highest BCUT2D eigenvalue weighted by molar-refractivity contribution is 5.94. The molecule has 0 N–H and O–H groups in total. The Morgan fingerprint density at radius 1 is 1.30 bits per heavy atom. The van der Waals surface area contributed by atoms with E-state index in [2.05, 4.69) is 4.90 Å². The topological polar surface area (TPSA) is 42.0 Å². The van der Waals surface area contributed by atoms with Crippen LogP contribution in [0.5, 0.6) is 0 Å². The average molecular weight is 318 g/mol. The van der Waals surface area contributed by atoms with E-state index in [1.54, 1.807) is 7.11 Å². The van der Waals surface area contributed by atoms with Crippen LogP contribution >= 0.6 is 0 Å². The molecule has 2 fully saturated rings. The number of rotatable bonds is 5. The zero-order valence-corrected chi connectivity index (χ0v) is 13.9. The van der Waals surface area contributed by atoms with Crippen LogP contribution in [0.2, 0.25) is 0 Å². The zero-order chi connectivity index (χ0) is 16.1. The number of methoxy groups -OCH3 is 1. The first-order chi connectivity index (χ1) is 11.3. The van der Waals surface area contributed by atoms with E-state index in [0.717, 1.165) is 50.5 Å². The Balaban J connectivity index is 1.52. The average Bonchev–Trinajstić information content (AvgIpc) is 3.08. The van der Waals surface area contributed by atoms with E-state index < -0.39 is 0 Å². The molecule has 2 aliphatic heterocycles. The van der Waals surface area contributed by atoms with Crippen LogP contribution in [0.1, 0.15) is 28.8 Å². The van der Waals surface area contributed by atoms with Gasteiger partial charge in [0.1, 0.15) is 0 Å². The Labute approximate surface area is 138 Å². The summed E-state index contributed by atoms with van der Waals surface area (Å²) < 4.78 is 10.8. The first-order valence-corrected chi connectivity index (χ1v) is 8.47. The second-order valence-corrected chi connectivity index (χ2v) is 6.36. The van der Waals surface area contributed by atoms with Gasteiger partial charge >= 0.3 is 0 Å². The maximum Gasteiger partial charge on any atom is 0.253 e. The lowest BCUT2D eigenvalue weighted by Crippen LogP contribution is -2.50. The van der Waals surface area contributed by atoms with E-state index in [9.17, 15) is 4.79 Å². The van der Waals surface area contributed by atoms with Gasteiger partial charge in [-0.3, -0.25) is 9.69 Å². The van der Waals surface area contributed by atoms with Crippen molar-refractivity contribution in [2.24, 2.45) is 0 Å². The third kappa shape index (κ3) is 4.31. The number of amides is 1. The van der Waals surface area contributed by atoms with Crippen LogP contribution < -0.4 is 0 Å². The summed E-state index contributed by atoms with van der Waals surface area (Å²) in [7, 11) is 1.67. The van der Waals surface area contributed by atoms with Gasteiger partial charge in [0.2, 0.25) is 0 Å². The van der Waals surface area contributed by atoms with E-state index in [-0.39, 0.29) is 5.91 Å². The zero-order valence-electron chi connectivity index (χ0n) is 13.9. The quantitative estimate of drug-likeness (QED) is 0.830. The molecule has 0 aromatic heterocycles. The number of carbonyl (C=O) groups excluding carboxylic acids is 1. The summed E-state index contributed by atoms with van der Waals surface area (Å²) in [5.41, 5.74) is 1.79. The van der Waals surface area contributed by atoms with Crippen LogP contribution in [-0.4, -0.2) is 68.3 Å². The molecule has 2 heterocycles. The summed E-state index contributed by atoms with van der Waals surface area (Å²) in [6.45, 7) is 5.90. The number of hydrogen-bond donors (Lipinski definition) is 0. The molecule has 2 saturated heterocycles. The lowest BCUT2D eigenvalue weighted by molar-refractivity contribution is 0.0432. The minimum absolute atomic E-state index is 0.125. The van der Waals surface area contributed by atoms with Crippen molar-refractivity contribution in [1.82, 2.24) is 9.80 Å². The van der Waals surface area contributed by atoms with Gasteiger partial charge in [0, 0.05) is 52.0 Å². The standard InChI is InChI=1S/C18H26N2O3/c1-22-14-15-4-2-5-16(12-15)18(21)20-9-7-19(8-10-20)13-17-6-3-11-23-17/h2,4-5,12,17H,3,6-11,13-14H2,1H3. The summed E-state index contributed by atoms with van der Waals surface area (Å²) >= 11 is 0. The normalized spacial score (nSPS) is 22.5. The maximum absolute atomic E-state index is 12.6. The SMILES string of the molecule is COCc1cccc(C(=O)N2CCN(CC3CCCO3)CC2)c1. The molecule has 0 aliphatic carbocycles. The van der Waals surface area contributed by atoms with Gasteiger partial charge in [-0.05, 0) is 30.5 Å². The van der Waals surface area contributed by atoms with Crippen LogP contribution in [0.3, 0.4) is 0 Å². The molecule has 126 valence electrons. The van der Waals surface area contributed by atoms with Gasteiger partial charge < -0.3 is 14.4 Å². The highest BCUT2D eigenvalue weighted by Crippen LogP contribution is 2.16. The van der Waals surface area contributed by atoms with E-state index >= 15 is 0 Å². The van der Waals surface area contributed by atoms with Gasteiger partial charge in [0.25, 0.3) is 5.91 Å². The van der Waals surface area contributed by atoms with Crippen molar-refractivity contribution in [2.45, 2.75) is 25.6 Å². The molecule has 0 radical (unpaired) electrons. The summed E-state index contributed by atoms with van der Waals surface area (Å²) in [5, 5.41) is 0. The Morgan fingerprint density at radius 3 is 2.83 bits per heavy atom. The highest BCUT2D eigenvalue weighted by Gasteiger charge is 2.25. The third-order valence-corrected chi connectivity index (χ3v) is 4.63. The third-order valence-electron chi connectivity index (χ3n) is 4.63. The number of ether oxygens (including phenoxy) is 2. The van der Waals surface area contributed by atoms with Crippen molar-refractivity contribution in [3.8, 4) is 0 Å². The van der Waals surface area contributed by atoms with Crippen molar-refractivity contribution < 1.29 is 14.3 Å². The second kappa shape index (κ2) is 7.90. The maximum atomic E-state index is 12.6. The van der Waals surface area contributed by atoms with E-state index in [4.69, 9.17) is 9.47 Å². The Morgan fingerprint density at radius 2 is 2.13 bits per heavy atom. The first kappa shape index (κ1) is 16.4. The van der Waals surface area contributed by atoms with Crippen molar-refractivity contribution in [3.05, 3.63) is 35.4 Å². The van der Waals surface area contributed by atoms with Crippen molar-refractivity contribution in [2.75, 3.05) is 46.4 Å². The minimum Gasteiger partial charge on any atom is -0.380 e. The Bertz CT molecular complexity index is 521. The van der Waals surface area contributed by atoms with Gasteiger partial charge in [-0.15, -0.1) is 0 Å². The first-order valence-electron chi connectivity index (χ1n) is 8.47. The Hall–Kier alpha value is -1.43. The predicted molar refractivity (Wildman–Crippen MR) is 88.5 cm³/mol.